The van der Waals surface area contributed by atoms with E-state index in [9.17, 15) is 4.79 Å². The number of nitrogens with one attached hydrogen (secondary N) is 2. The van der Waals surface area contributed by atoms with Gasteiger partial charge in [-0.3, -0.25) is 10.1 Å². The molecule has 0 aromatic heterocycles. The van der Waals surface area contributed by atoms with Gasteiger partial charge in [-0.05, 0) is 43.9 Å². The van der Waals surface area contributed by atoms with Gasteiger partial charge in [-0.25, -0.2) is 0 Å². The zero-order chi connectivity index (χ0) is 13.0. The first-order chi connectivity index (χ1) is 8.66. The van der Waals surface area contributed by atoms with Crippen LogP contribution in [0.3, 0.4) is 0 Å². The van der Waals surface area contributed by atoms with E-state index in [0.717, 1.165) is 36.4 Å². The highest BCUT2D eigenvalue weighted by Gasteiger charge is 2.22. The van der Waals surface area contributed by atoms with Crippen molar-refractivity contribution in [3.05, 3.63) is 34.9 Å². The Morgan fingerprint density at radius 2 is 2.28 bits per heavy atom. The van der Waals surface area contributed by atoms with Crippen molar-refractivity contribution in [1.29, 1.82) is 0 Å². The molecular formula is C14H19ClN2O. The summed E-state index contributed by atoms with van der Waals surface area (Å²) in [6.07, 6.45) is 3.05. The second-order valence-electron chi connectivity index (χ2n) is 4.78. The number of halogens is 1. The lowest BCUT2D eigenvalue weighted by molar-refractivity contribution is -0.123. The molecule has 18 heavy (non-hydrogen) atoms. The minimum absolute atomic E-state index is 0.0959. The van der Waals surface area contributed by atoms with E-state index >= 15 is 0 Å². The molecule has 1 amide bonds. The highest BCUT2D eigenvalue weighted by molar-refractivity contribution is 6.30. The highest BCUT2D eigenvalue weighted by Crippen LogP contribution is 2.19. The van der Waals surface area contributed by atoms with E-state index in [2.05, 4.69) is 17.6 Å². The number of rotatable bonds is 3. The molecule has 1 aliphatic rings. The van der Waals surface area contributed by atoms with E-state index in [4.69, 9.17) is 11.6 Å². The number of benzene rings is 1. The van der Waals surface area contributed by atoms with Crippen LogP contribution in [0.2, 0.25) is 5.02 Å². The van der Waals surface area contributed by atoms with Crippen LogP contribution in [0.1, 0.15) is 37.8 Å². The van der Waals surface area contributed by atoms with Crippen LogP contribution in [0, 0.1) is 0 Å². The van der Waals surface area contributed by atoms with Gasteiger partial charge in [0, 0.05) is 17.6 Å². The highest BCUT2D eigenvalue weighted by atomic mass is 35.5. The summed E-state index contributed by atoms with van der Waals surface area (Å²) in [6.45, 7) is 2.85. The molecule has 0 spiro atoms. The summed E-state index contributed by atoms with van der Waals surface area (Å²) >= 11 is 5.98. The molecule has 2 atom stereocenters. The molecule has 0 saturated carbocycles. The molecule has 1 saturated heterocycles. The first kappa shape index (κ1) is 13.4. The first-order valence-corrected chi connectivity index (χ1v) is 6.84. The normalized spacial score (nSPS) is 22.1. The summed E-state index contributed by atoms with van der Waals surface area (Å²) in [4.78, 5) is 11.8. The number of amides is 1. The van der Waals surface area contributed by atoms with Gasteiger partial charge in [0.1, 0.15) is 0 Å². The van der Waals surface area contributed by atoms with Crippen molar-refractivity contribution in [2.24, 2.45) is 0 Å². The van der Waals surface area contributed by atoms with Gasteiger partial charge in [0.25, 0.3) is 0 Å². The van der Waals surface area contributed by atoms with Crippen molar-refractivity contribution < 1.29 is 4.79 Å². The van der Waals surface area contributed by atoms with E-state index in [1.165, 1.54) is 0 Å². The van der Waals surface area contributed by atoms with Crippen LogP contribution in [0.15, 0.2) is 24.3 Å². The third-order valence-corrected chi connectivity index (χ3v) is 3.57. The molecule has 0 radical (unpaired) electrons. The number of carbonyl (C=O) groups excluding carboxylic acids is 1. The summed E-state index contributed by atoms with van der Waals surface area (Å²) < 4.78 is 0. The van der Waals surface area contributed by atoms with E-state index in [-0.39, 0.29) is 18.0 Å². The van der Waals surface area contributed by atoms with Gasteiger partial charge in [-0.2, -0.15) is 0 Å². The van der Waals surface area contributed by atoms with Crippen LogP contribution in [0.4, 0.5) is 0 Å². The molecule has 2 N–H and O–H groups in total. The fourth-order valence-corrected chi connectivity index (χ4v) is 2.47. The second kappa shape index (κ2) is 6.21. The van der Waals surface area contributed by atoms with Crippen LogP contribution >= 0.6 is 11.6 Å². The van der Waals surface area contributed by atoms with E-state index in [1.54, 1.807) is 0 Å². The topological polar surface area (TPSA) is 41.1 Å². The Labute approximate surface area is 113 Å². The van der Waals surface area contributed by atoms with Crippen molar-refractivity contribution in [2.45, 2.75) is 38.3 Å². The van der Waals surface area contributed by atoms with Crippen molar-refractivity contribution >= 4 is 17.5 Å². The quantitative estimate of drug-likeness (QED) is 0.883. The van der Waals surface area contributed by atoms with Crippen LogP contribution in [0.5, 0.6) is 0 Å². The summed E-state index contributed by atoms with van der Waals surface area (Å²) in [6, 6.07) is 7.78. The molecule has 1 heterocycles. The monoisotopic (exact) mass is 266 g/mol. The lowest BCUT2D eigenvalue weighted by atomic mass is 10.1. The molecule has 1 aromatic carbocycles. The van der Waals surface area contributed by atoms with Crippen LogP contribution in [-0.2, 0) is 4.79 Å². The summed E-state index contributed by atoms with van der Waals surface area (Å²) in [5.74, 6) is 0.112. The van der Waals surface area contributed by atoms with Crippen molar-refractivity contribution in [3.8, 4) is 0 Å². The van der Waals surface area contributed by atoms with Crippen molar-refractivity contribution in [3.63, 3.8) is 0 Å². The number of carbonyl (C=O) groups is 1. The minimum atomic E-state index is -0.0959. The molecule has 1 aromatic rings. The predicted octanol–water partition coefficient (Wildman–Crippen LogP) is 2.66. The average molecular weight is 267 g/mol. The molecule has 3 nitrogen and oxygen atoms in total. The van der Waals surface area contributed by atoms with Crippen molar-refractivity contribution in [2.75, 3.05) is 6.54 Å². The maximum Gasteiger partial charge on any atom is 0.237 e. The summed E-state index contributed by atoms with van der Waals surface area (Å²) in [5, 5.41) is 7.04. The number of hydrogen-bond acceptors (Lipinski definition) is 2. The van der Waals surface area contributed by atoms with Gasteiger partial charge < -0.3 is 5.32 Å². The minimum Gasteiger partial charge on any atom is -0.355 e. The lowest BCUT2D eigenvalue weighted by Gasteiger charge is -2.21. The molecule has 0 bridgehead atoms. The van der Waals surface area contributed by atoms with Gasteiger partial charge in [-0.15, -0.1) is 0 Å². The van der Waals surface area contributed by atoms with Crippen LogP contribution in [-0.4, -0.2) is 18.5 Å². The van der Waals surface area contributed by atoms with Gasteiger partial charge in [0.05, 0.1) is 6.04 Å². The first-order valence-electron chi connectivity index (χ1n) is 6.46. The molecule has 0 aliphatic carbocycles. The maximum atomic E-state index is 11.8. The van der Waals surface area contributed by atoms with E-state index in [1.807, 2.05) is 24.3 Å². The van der Waals surface area contributed by atoms with Crippen LogP contribution in [0.25, 0.3) is 0 Å². The molecule has 98 valence electrons. The molecular weight excluding hydrogens is 248 g/mol. The zero-order valence-corrected chi connectivity index (χ0v) is 11.3. The Bertz CT molecular complexity index is 422. The Morgan fingerprint density at radius 1 is 1.44 bits per heavy atom. The van der Waals surface area contributed by atoms with Crippen LogP contribution < -0.4 is 10.6 Å². The summed E-state index contributed by atoms with van der Waals surface area (Å²) in [5.41, 5.74) is 1.11. The van der Waals surface area contributed by atoms with Gasteiger partial charge in [-0.1, -0.05) is 23.7 Å². The van der Waals surface area contributed by atoms with Gasteiger partial charge >= 0.3 is 0 Å². The lowest BCUT2D eigenvalue weighted by Crippen LogP contribution is -2.43. The van der Waals surface area contributed by atoms with E-state index in [0.29, 0.717) is 0 Å². The molecule has 2 rings (SSSR count). The Hall–Kier alpha value is -1.06. The zero-order valence-electron chi connectivity index (χ0n) is 10.6. The van der Waals surface area contributed by atoms with E-state index < -0.39 is 0 Å². The molecule has 1 fully saturated rings. The molecule has 1 aliphatic heterocycles. The largest absolute Gasteiger partial charge is 0.355 e. The third kappa shape index (κ3) is 3.47. The fourth-order valence-electron chi connectivity index (χ4n) is 2.27. The predicted molar refractivity (Wildman–Crippen MR) is 73.7 cm³/mol. The molecule has 2 unspecified atom stereocenters. The third-order valence-electron chi connectivity index (χ3n) is 3.34. The maximum absolute atomic E-state index is 11.8. The standard InChI is InChI=1S/C14H19ClN2O/c1-10(11-5-4-6-12(15)9-11)17-13-7-2-3-8-16-14(13)18/h4-6,9-10,13,17H,2-3,7-8H2,1H3,(H,16,18). The van der Waals surface area contributed by atoms with Crippen molar-refractivity contribution in [1.82, 2.24) is 10.6 Å². The summed E-state index contributed by atoms with van der Waals surface area (Å²) in [7, 11) is 0. The fraction of sp³-hybridized carbons (Fsp3) is 0.500. The Balaban J connectivity index is 2.01. The Kier molecular flexibility index (Phi) is 4.61. The smallest absolute Gasteiger partial charge is 0.237 e. The van der Waals surface area contributed by atoms with Gasteiger partial charge in [0.2, 0.25) is 5.91 Å². The van der Waals surface area contributed by atoms with Gasteiger partial charge in [0.15, 0.2) is 0 Å². The Morgan fingerprint density at radius 3 is 3.06 bits per heavy atom. The number of hydrogen-bond donors (Lipinski definition) is 2. The SMILES string of the molecule is CC(NC1CCCCNC1=O)c1cccc(Cl)c1. The average Bonchev–Trinajstić information content (AvgIpc) is 2.55. The second-order valence-corrected chi connectivity index (χ2v) is 5.22. The molecule has 4 heteroatoms.